The highest BCUT2D eigenvalue weighted by Crippen LogP contribution is 2.25. The number of benzene rings is 1. The van der Waals surface area contributed by atoms with Crippen LogP contribution in [0.5, 0.6) is 0 Å². The molecule has 1 aromatic heterocycles. The zero-order valence-corrected chi connectivity index (χ0v) is 9.53. The number of nitrogens with zero attached hydrogens (tertiary/aromatic N) is 2. The van der Waals surface area contributed by atoms with Crippen LogP contribution in [0.15, 0.2) is 33.2 Å². The van der Waals surface area contributed by atoms with Crippen LogP contribution in [0, 0.1) is 0 Å². The average Bonchev–Trinajstić information content (AvgIpc) is 2.65. The van der Waals surface area contributed by atoms with Gasteiger partial charge in [-0.3, -0.25) is 9.59 Å². The molecule has 88 valence electrons. The molecule has 17 heavy (non-hydrogen) atoms. The molecule has 0 fully saturated rings. The molecule has 2 rings (SSSR count). The van der Waals surface area contributed by atoms with E-state index in [0.29, 0.717) is 11.2 Å². The highest BCUT2D eigenvalue weighted by molar-refractivity contribution is 7.16. The number of para-hydroxylation sites is 1. The van der Waals surface area contributed by atoms with Gasteiger partial charge >= 0.3 is 10.8 Å². The number of aromatic amines is 1. The minimum Gasteiger partial charge on any atom is -0.481 e. The lowest BCUT2D eigenvalue weighted by molar-refractivity contribution is -0.136. The first-order valence-electron chi connectivity index (χ1n) is 4.88. The number of hydrogen-bond acceptors (Lipinski definition) is 5. The number of hydrogen-bond donors (Lipinski definition) is 2. The van der Waals surface area contributed by atoms with Crippen molar-refractivity contribution in [1.82, 2.24) is 4.98 Å². The van der Waals surface area contributed by atoms with Gasteiger partial charge in [0.2, 0.25) is 0 Å². The highest BCUT2D eigenvalue weighted by Gasteiger charge is 2.03. The first-order chi connectivity index (χ1) is 8.16. The Morgan fingerprint density at radius 2 is 2.29 bits per heavy atom. The Balaban J connectivity index is 2.23. The number of H-pyrrole nitrogens is 1. The largest absolute Gasteiger partial charge is 0.481 e. The second-order valence-electron chi connectivity index (χ2n) is 3.27. The molecule has 0 spiro atoms. The quantitative estimate of drug-likeness (QED) is 0.815. The summed E-state index contributed by atoms with van der Waals surface area (Å²) in [6.07, 6.45) is -0.0559. The van der Waals surface area contributed by atoms with Crippen molar-refractivity contribution in [2.45, 2.75) is 6.42 Å². The number of rotatable bonds is 4. The molecule has 0 atom stereocenters. The maximum atomic E-state index is 11.2. The molecule has 2 N–H and O–H groups in total. The number of fused-ring (bicyclic) bond motifs is 1. The Hall–Kier alpha value is -2.02. The molecule has 0 aliphatic carbocycles. The summed E-state index contributed by atoms with van der Waals surface area (Å²) in [5, 5.41) is 16.1. The van der Waals surface area contributed by atoms with Crippen molar-refractivity contribution in [3.63, 3.8) is 0 Å². The Kier molecular flexibility index (Phi) is 3.29. The fourth-order valence-corrected chi connectivity index (χ4v) is 2.07. The van der Waals surface area contributed by atoms with Crippen molar-refractivity contribution in [2.24, 2.45) is 10.2 Å². The molecule has 0 saturated carbocycles. The van der Waals surface area contributed by atoms with E-state index >= 15 is 0 Å². The van der Waals surface area contributed by atoms with E-state index in [0.717, 1.165) is 16.0 Å². The molecule has 1 aromatic carbocycles. The van der Waals surface area contributed by atoms with Crippen LogP contribution in [0.2, 0.25) is 0 Å². The van der Waals surface area contributed by atoms with Crippen molar-refractivity contribution in [1.29, 1.82) is 0 Å². The average molecular weight is 251 g/mol. The van der Waals surface area contributed by atoms with Gasteiger partial charge in [-0.05, 0) is 12.1 Å². The van der Waals surface area contributed by atoms with Gasteiger partial charge in [0.25, 0.3) is 0 Å². The van der Waals surface area contributed by atoms with Crippen LogP contribution >= 0.6 is 11.3 Å². The van der Waals surface area contributed by atoms with Gasteiger partial charge in [0.05, 0.1) is 23.2 Å². The number of carboxylic acid groups (broad SMARTS) is 1. The fourth-order valence-electron chi connectivity index (χ4n) is 1.31. The van der Waals surface area contributed by atoms with Gasteiger partial charge in [-0.25, -0.2) is 0 Å². The summed E-state index contributed by atoms with van der Waals surface area (Å²) in [7, 11) is 0. The maximum absolute atomic E-state index is 11.2. The first kappa shape index (κ1) is 11.5. The lowest BCUT2D eigenvalue weighted by atomic mass is 10.3. The second-order valence-corrected chi connectivity index (χ2v) is 4.29. The Morgan fingerprint density at radius 3 is 3.06 bits per heavy atom. The van der Waals surface area contributed by atoms with Crippen molar-refractivity contribution >= 4 is 33.2 Å². The third-order valence-electron chi connectivity index (χ3n) is 2.04. The van der Waals surface area contributed by atoms with Crippen LogP contribution in [0.25, 0.3) is 10.2 Å². The Morgan fingerprint density at radius 1 is 1.47 bits per heavy atom. The highest BCUT2D eigenvalue weighted by atomic mass is 32.1. The summed E-state index contributed by atoms with van der Waals surface area (Å²) in [5.41, 5.74) is 1.19. The van der Waals surface area contributed by atoms with Crippen LogP contribution in [-0.2, 0) is 4.79 Å². The topological polar surface area (TPSA) is 94.9 Å². The van der Waals surface area contributed by atoms with E-state index in [2.05, 4.69) is 15.2 Å². The van der Waals surface area contributed by atoms with Gasteiger partial charge in [0.15, 0.2) is 0 Å². The van der Waals surface area contributed by atoms with Crippen LogP contribution in [0.3, 0.4) is 0 Å². The third-order valence-corrected chi connectivity index (χ3v) is 2.89. The minimum absolute atomic E-state index is 0.0559. The number of thiazole rings is 1. The fraction of sp³-hybridized carbons (Fsp3) is 0.200. The molecule has 0 aliphatic heterocycles. The van der Waals surface area contributed by atoms with Crippen molar-refractivity contribution in [2.75, 3.05) is 6.54 Å². The predicted octanol–water partition coefficient (Wildman–Crippen LogP) is 2.15. The minimum atomic E-state index is -0.911. The Labute approximate surface area is 99.6 Å². The number of azo groups is 1. The summed E-state index contributed by atoms with van der Waals surface area (Å²) in [5.74, 6) is -0.911. The molecule has 0 aliphatic rings. The van der Waals surface area contributed by atoms with E-state index in [4.69, 9.17) is 5.11 Å². The zero-order valence-electron chi connectivity index (χ0n) is 8.71. The summed E-state index contributed by atoms with van der Waals surface area (Å²) in [6, 6.07) is 5.31. The molecule has 0 unspecified atom stereocenters. The molecule has 7 heteroatoms. The number of carbonyl (C=O) groups is 1. The summed E-state index contributed by atoms with van der Waals surface area (Å²) in [4.78, 5) is 24.0. The summed E-state index contributed by atoms with van der Waals surface area (Å²) >= 11 is 1.10. The Bertz CT molecular complexity index is 629. The van der Waals surface area contributed by atoms with E-state index in [-0.39, 0.29) is 17.8 Å². The SMILES string of the molecule is O=C(O)CCN=Nc1cccc2sc(=O)[nH]c12. The third kappa shape index (κ3) is 2.76. The lowest BCUT2D eigenvalue weighted by Crippen LogP contribution is -1.95. The number of aliphatic carboxylic acids is 1. The predicted molar refractivity (Wildman–Crippen MR) is 64.1 cm³/mol. The number of aromatic nitrogens is 1. The molecule has 6 nitrogen and oxygen atoms in total. The molecule has 0 saturated heterocycles. The van der Waals surface area contributed by atoms with E-state index in [9.17, 15) is 9.59 Å². The van der Waals surface area contributed by atoms with Crippen LogP contribution in [0.4, 0.5) is 5.69 Å². The van der Waals surface area contributed by atoms with E-state index in [1.54, 1.807) is 12.1 Å². The lowest BCUT2D eigenvalue weighted by Gasteiger charge is -1.93. The standard InChI is InChI=1S/C10H9N3O3S/c14-8(15)4-5-11-13-6-2-1-3-7-9(6)12-10(16)17-7/h1-3H,4-5H2,(H,12,16)(H,14,15). The molecule has 0 bridgehead atoms. The second kappa shape index (κ2) is 4.88. The molecular formula is C10H9N3O3S. The normalized spacial score (nSPS) is 11.3. The smallest absolute Gasteiger partial charge is 0.305 e. The first-order valence-corrected chi connectivity index (χ1v) is 5.69. The molecule has 2 aromatic rings. The number of nitrogens with one attached hydrogen (secondary N) is 1. The zero-order chi connectivity index (χ0) is 12.3. The van der Waals surface area contributed by atoms with Crippen molar-refractivity contribution < 1.29 is 9.90 Å². The van der Waals surface area contributed by atoms with Crippen LogP contribution in [-0.4, -0.2) is 22.6 Å². The van der Waals surface area contributed by atoms with Crippen molar-refractivity contribution in [3.05, 3.63) is 27.9 Å². The monoisotopic (exact) mass is 251 g/mol. The van der Waals surface area contributed by atoms with Gasteiger partial charge in [0.1, 0.15) is 5.69 Å². The van der Waals surface area contributed by atoms with Crippen LogP contribution in [0.1, 0.15) is 6.42 Å². The summed E-state index contributed by atoms with van der Waals surface area (Å²) < 4.78 is 0.810. The van der Waals surface area contributed by atoms with Gasteiger partial charge in [-0.15, -0.1) is 0 Å². The molecule has 0 radical (unpaired) electrons. The molecule has 0 amide bonds. The van der Waals surface area contributed by atoms with Gasteiger partial charge in [-0.1, -0.05) is 17.4 Å². The van der Waals surface area contributed by atoms with Gasteiger partial charge in [-0.2, -0.15) is 10.2 Å². The van der Waals surface area contributed by atoms with E-state index < -0.39 is 5.97 Å². The van der Waals surface area contributed by atoms with Crippen LogP contribution < -0.4 is 4.87 Å². The molecule has 1 heterocycles. The van der Waals surface area contributed by atoms with Crippen molar-refractivity contribution in [3.8, 4) is 0 Å². The maximum Gasteiger partial charge on any atom is 0.305 e. The number of carboxylic acids is 1. The molecular weight excluding hydrogens is 242 g/mol. The van der Waals surface area contributed by atoms with Gasteiger partial charge in [0, 0.05) is 0 Å². The van der Waals surface area contributed by atoms with E-state index in [1.165, 1.54) is 0 Å². The van der Waals surface area contributed by atoms with Gasteiger partial charge < -0.3 is 10.1 Å². The van der Waals surface area contributed by atoms with E-state index in [1.807, 2.05) is 6.07 Å². The summed E-state index contributed by atoms with van der Waals surface area (Å²) in [6.45, 7) is 0.125.